The summed E-state index contributed by atoms with van der Waals surface area (Å²) in [5, 5.41) is 0. The fourth-order valence-corrected chi connectivity index (χ4v) is 2.04. The normalized spacial score (nSPS) is 10.4. The van der Waals surface area contributed by atoms with E-state index in [1.807, 2.05) is 6.07 Å². The molecule has 20 heavy (non-hydrogen) atoms. The van der Waals surface area contributed by atoms with Gasteiger partial charge in [0.05, 0.1) is 6.42 Å². The van der Waals surface area contributed by atoms with Gasteiger partial charge in [0, 0.05) is 17.7 Å². The molecule has 0 fully saturated rings. The predicted molar refractivity (Wildman–Crippen MR) is 80.2 cm³/mol. The van der Waals surface area contributed by atoms with Gasteiger partial charge in [0.1, 0.15) is 11.6 Å². The Bertz CT molecular complexity index is 628. The molecule has 5 heteroatoms. The number of pyridine rings is 1. The molecule has 2 rings (SSSR count). The first-order valence-electron chi connectivity index (χ1n) is 6.10. The van der Waals surface area contributed by atoms with Crippen LogP contribution in [0.2, 0.25) is 0 Å². The number of nitrogens with zero attached hydrogens (tertiary/aromatic N) is 2. The van der Waals surface area contributed by atoms with Gasteiger partial charge in [-0.15, -0.1) is 0 Å². The van der Waals surface area contributed by atoms with Gasteiger partial charge in [-0.1, -0.05) is 12.1 Å². The smallest absolute Gasteiger partial charge is 0.232 e. The average molecular weight is 337 g/mol. The number of aromatic nitrogens is 1. The Hall–Kier alpha value is -1.75. The Morgan fingerprint density at radius 2 is 2.10 bits per heavy atom. The van der Waals surface area contributed by atoms with Crippen molar-refractivity contribution in [1.82, 2.24) is 4.98 Å². The van der Waals surface area contributed by atoms with E-state index in [9.17, 15) is 9.18 Å². The summed E-state index contributed by atoms with van der Waals surface area (Å²) in [6.45, 7) is 1.68. The summed E-state index contributed by atoms with van der Waals surface area (Å²) in [4.78, 5) is 17.8. The maximum absolute atomic E-state index is 13.2. The molecule has 0 N–H and O–H groups in total. The second-order valence-corrected chi connectivity index (χ2v) is 5.46. The van der Waals surface area contributed by atoms with Crippen molar-refractivity contribution in [3.8, 4) is 0 Å². The van der Waals surface area contributed by atoms with Gasteiger partial charge in [-0.25, -0.2) is 9.37 Å². The average Bonchev–Trinajstić information content (AvgIpc) is 2.43. The molecule has 1 amide bonds. The molecule has 0 aliphatic heterocycles. The lowest BCUT2D eigenvalue weighted by atomic mass is 10.1. The number of anilines is 1. The molecular formula is C15H14BrFN2O. The molecular weight excluding hydrogens is 323 g/mol. The Kier molecular flexibility index (Phi) is 4.49. The largest absolute Gasteiger partial charge is 0.300 e. The lowest BCUT2D eigenvalue weighted by Gasteiger charge is -2.16. The van der Waals surface area contributed by atoms with Crippen LogP contribution in [0.1, 0.15) is 11.1 Å². The van der Waals surface area contributed by atoms with E-state index in [1.165, 1.54) is 11.0 Å². The van der Waals surface area contributed by atoms with E-state index in [0.29, 0.717) is 11.4 Å². The Morgan fingerprint density at radius 1 is 1.35 bits per heavy atom. The van der Waals surface area contributed by atoms with E-state index in [2.05, 4.69) is 20.9 Å². The highest BCUT2D eigenvalue weighted by Gasteiger charge is 2.13. The standard InChI is InChI=1S/C15H14BrFN2O/c1-10-7-11(3-5-13(10)17)8-15(20)19(2)14-6-4-12(16)9-18-14/h3-7,9H,8H2,1-2H3. The Balaban J connectivity index is 2.11. The van der Waals surface area contributed by atoms with E-state index in [-0.39, 0.29) is 18.1 Å². The van der Waals surface area contributed by atoms with Crippen molar-refractivity contribution in [3.63, 3.8) is 0 Å². The molecule has 0 spiro atoms. The van der Waals surface area contributed by atoms with Crippen LogP contribution >= 0.6 is 15.9 Å². The molecule has 0 saturated carbocycles. The van der Waals surface area contributed by atoms with Crippen LogP contribution < -0.4 is 4.90 Å². The van der Waals surface area contributed by atoms with Crippen LogP contribution in [0.15, 0.2) is 41.0 Å². The maximum atomic E-state index is 13.2. The van der Waals surface area contributed by atoms with Gasteiger partial charge >= 0.3 is 0 Å². The van der Waals surface area contributed by atoms with E-state index >= 15 is 0 Å². The van der Waals surface area contributed by atoms with Crippen molar-refractivity contribution in [2.75, 3.05) is 11.9 Å². The lowest BCUT2D eigenvalue weighted by molar-refractivity contribution is -0.117. The summed E-state index contributed by atoms with van der Waals surface area (Å²) in [5.74, 6) is 0.229. The van der Waals surface area contributed by atoms with E-state index < -0.39 is 0 Å². The number of likely N-dealkylation sites (N-methyl/N-ethyl adjacent to an activating group) is 1. The van der Waals surface area contributed by atoms with Crippen molar-refractivity contribution in [1.29, 1.82) is 0 Å². The van der Waals surface area contributed by atoms with E-state index in [4.69, 9.17) is 0 Å². The Morgan fingerprint density at radius 3 is 2.70 bits per heavy atom. The second-order valence-electron chi connectivity index (χ2n) is 4.55. The zero-order chi connectivity index (χ0) is 14.7. The fraction of sp³-hybridized carbons (Fsp3) is 0.200. The quantitative estimate of drug-likeness (QED) is 0.859. The molecule has 3 nitrogen and oxygen atoms in total. The van der Waals surface area contributed by atoms with Crippen LogP contribution in [0.3, 0.4) is 0 Å². The number of rotatable bonds is 3. The summed E-state index contributed by atoms with van der Waals surface area (Å²) < 4.78 is 14.0. The van der Waals surface area contributed by atoms with Gasteiger partial charge in [0.15, 0.2) is 0 Å². The van der Waals surface area contributed by atoms with Gasteiger partial charge in [0.2, 0.25) is 5.91 Å². The number of benzene rings is 1. The van der Waals surface area contributed by atoms with Crippen molar-refractivity contribution in [3.05, 3.63) is 57.9 Å². The van der Waals surface area contributed by atoms with E-state index in [1.54, 1.807) is 38.4 Å². The SMILES string of the molecule is Cc1cc(CC(=O)N(C)c2ccc(Br)cn2)ccc1F. The van der Waals surface area contributed by atoms with Crippen molar-refractivity contribution in [2.24, 2.45) is 0 Å². The zero-order valence-corrected chi connectivity index (χ0v) is 12.8. The monoisotopic (exact) mass is 336 g/mol. The van der Waals surface area contributed by atoms with Gasteiger partial charge in [-0.2, -0.15) is 0 Å². The molecule has 0 saturated heterocycles. The molecule has 0 unspecified atom stereocenters. The highest BCUT2D eigenvalue weighted by molar-refractivity contribution is 9.10. The first-order chi connectivity index (χ1) is 9.47. The third-order valence-corrected chi connectivity index (χ3v) is 3.48. The van der Waals surface area contributed by atoms with Crippen LogP contribution in [0.5, 0.6) is 0 Å². The number of hydrogen-bond acceptors (Lipinski definition) is 2. The lowest BCUT2D eigenvalue weighted by Crippen LogP contribution is -2.28. The summed E-state index contributed by atoms with van der Waals surface area (Å²) in [7, 11) is 1.68. The fourth-order valence-electron chi connectivity index (χ4n) is 1.80. The molecule has 0 bridgehead atoms. The minimum atomic E-state index is -0.260. The van der Waals surface area contributed by atoms with Crippen LogP contribution in [0.4, 0.5) is 10.2 Å². The van der Waals surface area contributed by atoms with Crippen LogP contribution in [0.25, 0.3) is 0 Å². The third kappa shape index (κ3) is 3.42. The maximum Gasteiger partial charge on any atom is 0.232 e. The van der Waals surface area contributed by atoms with Gasteiger partial charge in [-0.05, 0) is 52.2 Å². The number of hydrogen-bond donors (Lipinski definition) is 0. The highest BCUT2D eigenvalue weighted by atomic mass is 79.9. The molecule has 2 aromatic rings. The number of aryl methyl sites for hydroxylation is 1. The van der Waals surface area contributed by atoms with Crippen LogP contribution in [0, 0.1) is 12.7 Å². The topological polar surface area (TPSA) is 33.2 Å². The highest BCUT2D eigenvalue weighted by Crippen LogP contribution is 2.15. The molecule has 1 heterocycles. The molecule has 104 valence electrons. The summed E-state index contributed by atoms with van der Waals surface area (Å²) >= 11 is 3.30. The first kappa shape index (κ1) is 14.7. The zero-order valence-electron chi connectivity index (χ0n) is 11.2. The van der Waals surface area contributed by atoms with Crippen molar-refractivity contribution >= 4 is 27.7 Å². The van der Waals surface area contributed by atoms with Gasteiger partial charge < -0.3 is 0 Å². The molecule has 0 atom stereocenters. The number of carbonyl (C=O) groups is 1. The molecule has 0 aliphatic carbocycles. The summed E-state index contributed by atoms with van der Waals surface area (Å²) in [6, 6.07) is 8.29. The van der Waals surface area contributed by atoms with Crippen LogP contribution in [-0.4, -0.2) is 17.9 Å². The van der Waals surface area contributed by atoms with Gasteiger partial charge in [-0.3, -0.25) is 9.69 Å². The number of carbonyl (C=O) groups excluding carboxylic acids is 1. The van der Waals surface area contributed by atoms with Crippen molar-refractivity contribution in [2.45, 2.75) is 13.3 Å². The molecule has 1 aromatic heterocycles. The molecule has 1 aromatic carbocycles. The van der Waals surface area contributed by atoms with Crippen molar-refractivity contribution < 1.29 is 9.18 Å². The second kappa shape index (κ2) is 6.13. The van der Waals surface area contributed by atoms with Gasteiger partial charge in [0.25, 0.3) is 0 Å². The first-order valence-corrected chi connectivity index (χ1v) is 6.90. The minimum absolute atomic E-state index is 0.0918. The van der Waals surface area contributed by atoms with E-state index in [0.717, 1.165) is 10.0 Å². The molecule has 0 radical (unpaired) electrons. The summed E-state index contributed by atoms with van der Waals surface area (Å²) in [5.41, 5.74) is 1.33. The van der Waals surface area contributed by atoms with Crippen LogP contribution in [-0.2, 0) is 11.2 Å². The third-order valence-electron chi connectivity index (χ3n) is 3.01. The Labute approximate surface area is 125 Å². The number of halogens is 2. The summed E-state index contributed by atoms with van der Waals surface area (Å²) in [6.07, 6.45) is 1.86. The number of amides is 1. The molecule has 0 aliphatic rings. The predicted octanol–water partition coefficient (Wildman–Crippen LogP) is 3.50. The minimum Gasteiger partial charge on any atom is -0.300 e.